The number of hydrogen-bond donors (Lipinski definition) is 0. The van der Waals surface area contributed by atoms with Crippen molar-refractivity contribution in [2.45, 2.75) is 40.0 Å². The van der Waals surface area contributed by atoms with Gasteiger partial charge in [-0.1, -0.05) is 32.4 Å². The molecule has 1 aromatic rings. The molecule has 0 bridgehead atoms. The molecule has 1 aliphatic heterocycles. The van der Waals surface area contributed by atoms with Crippen LogP contribution >= 0.6 is 11.6 Å². The predicted molar refractivity (Wildman–Crippen MR) is 76.2 cm³/mol. The maximum Gasteiger partial charge on any atom is 0.137 e. The van der Waals surface area contributed by atoms with Crippen LogP contribution in [0.1, 0.15) is 39.2 Å². The van der Waals surface area contributed by atoms with E-state index in [1.807, 2.05) is 0 Å². The van der Waals surface area contributed by atoms with Crippen molar-refractivity contribution in [2.75, 3.05) is 18.0 Å². The highest BCUT2D eigenvalue weighted by Gasteiger charge is 2.24. The van der Waals surface area contributed by atoms with Crippen LogP contribution in [-0.2, 0) is 6.42 Å². The van der Waals surface area contributed by atoms with Crippen LogP contribution in [-0.4, -0.2) is 23.1 Å². The van der Waals surface area contributed by atoms with Crippen molar-refractivity contribution in [3.8, 4) is 0 Å². The van der Waals surface area contributed by atoms with E-state index in [0.717, 1.165) is 42.7 Å². The molecule has 0 N–H and O–H groups in total. The zero-order chi connectivity index (χ0) is 13.1. The monoisotopic (exact) mass is 267 g/mol. The first-order chi connectivity index (χ1) is 8.63. The highest BCUT2D eigenvalue weighted by atomic mass is 35.5. The summed E-state index contributed by atoms with van der Waals surface area (Å²) in [6.07, 6.45) is 4.97. The highest BCUT2D eigenvalue weighted by Crippen LogP contribution is 2.30. The van der Waals surface area contributed by atoms with Gasteiger partial charge in [0.15, 0.2) is 0 Å². The number of aromatic nitrogens is 2. The van der Waals surface area contributed by atoms with Gasteiger partial charge in [-0.25, -0.2) is 9.97 Å². The third-order valence-corrected chi connectivity index (χ3v) is 4.33. The molecule has 1 fully saturated rings. The summed E-state index contributed by atoms with van der Waals surface area (Å²) in [5.41, 5.74) is 1.09. The van der Waals surface area contributed by atoms with Gasteiger partial charge in [0, 0.05) is 18.7 Å². The van der Waals surface area contributed by atoms with E-state index in [1.165, 1.54) is 12.8 Å². The second kappa shape index (κ2) is 5.87. The average Bonchev–Trinajstić information content (AvgIpc) is 2.38. The van der Waals surface area contributed by atoms with Crippen molar-refractivity contribution in [1.82, 2.24) is 9.97 Å². The van der Waals surface area contributed by atoms with Gasteiger partial charge < -0.3 is 4.90 Å². The zero-order valence-corrected chi connectivity index (χ0v) is 12.2. The van der Waals surface area contributed by atoms with Gasteiger partial charge >= 0.3 is 0 Å². The Bertz CT molecular complexity index is 398. The molecule has 0 aliphatic carbocycles. The Hall–Kier alpha value is -0.830. The molecule has 0 amide bonds. The van der Waals surface area contributed by atoms with Gasteiger partial charge in [-0.3, -0.25) is 0 Å². The van der Waals surface area contributed by atoms with Gasteiger partial charge in [0.2, 0.25) is 0 Å². The Morgan fingerprint density at radius 1 is 1.33 bits per heavy atom. The van der Waals surface area contributed by atoms with Crippen LogP contribution in [0.3, 0.4) is 0 Å². The van der Waals surface area contributed by atoms with Crippen molar-refractivity contribution >= 4 is 17.4 Å². The van der Waals surface area contributed by atoms with Crippen LogP contribution in [0.4, 0.5) is 5.82 Å². The standard InChI is InChI=1S/C14H22ClN3/c1-4-12-13(15)16-9-17-14(12)18-7-5-11(6-8-18)10(2)3/h9-11H,4-8H2,1-3H3. The number of rotatable bonds is 3. The number of piperidine rings is 1. The lowest BCUT2D eigenvalue weighted by atomic mass is 9.86. The number of nitrogens with zero attached hydrogens (tertiary/aromatic N) is 3. The number of hydrogen-bond acceptors (Lipinski definition) is 3. The number of halogens is 1. The lowest BCUT2D eigenvalue weighted by Crippen LogP contribution is -2.36. The first-order valence-corrected chi connectivity index (χ1v) is 7.25. The Morgan fingerprint density at radius 3 is 2.56 bits per heavy atom. The minimum absolute atomic E-state index is 0.605. The molecule has 1 aliphatic rings. The maximum atomic E-state index is 6.15. The average molecular weight is 268 g/mol. The van der Waals surface area contributed by atoms with Crippen LogP contribution in [0.2, 0.25) is 5.15 Å². The summed E-state index contributed by atoms with van der Waals surface area (Å²) in [6.45, 7) is 8.92. The topological polar surface area (TPSA) is 29.0 Å². The van der Waals surface area contributed by atoms with Gasteiger partial charge in [0.1, 0.15) is 17.3 Å². The smallest absolute Gasteiger partial charge is 0.137 e. The predicted octanol–water partition coefficient (Wildman–Crippen LogP) is 3.56. The van der Waals surface area contributed by atoms with Gasteiger partial charge in [-0.05, 0) is 31.1 Å². The fourth-order valence-electron chi connectivity index (χ4n) is 2.74. The molecule has 0 unspecified atom stereocenters. The van der Waals surface area contributed by atoms with Crippen LogP contribution in [0, 0.1) is 11.8 Å². The lowest BCUT2D eigenvalue weighted by Gasteiger charge is -2.35. The van der Waals surface area contributed by atoms with E-state index in [4.69, 9.17) is 11.6 Å². The molecule has 2 rings (SSSR count). The van der Waals surface area contributed by atoms with E-state index in [2.05, 4.69) is 35.6 Å². The van der Waals surface area contributed by atoms with Crippen LogP contribution in [0.5, 0.6) is 0 Å². The van der Waals surface area contributed by atoms with E-state index >= 15 is 0 Å². The molecular weight excluding hydrogens is 246 g/mol. The lowest BCUT2D eigenvalue weighted by molar-refractivity contribution is 0.310. The second-order valence-electron chi connectivity index (χ2n) is 5.39. The van der Waals surface area contributed by atoms with Crippen molar-refractivity contribution in [1.29, 1.82) is 0 Å². The van der Waals surface area contributed by atoms with E-state index in [-0.39, 0.29) is 0 Å². The largest absolute Gasteiger partial charge is 0.356 e. The van der Waals surface area contributed by atoms with Crippen LogP contribution < -0.4 is 4.90 Å². The van der Waals surface area contributed by atoms with Crippen LogP contribution in [0.15, 0.2) is 6.33 Å². The van der Waals surface area contributed by atoms with E-state index in [9.17, 15) is 0 Å². The summed E-state index contributed by atoms with van der Waals surface area (Å²) in [6, 6.07) is 0. The van der Waals surface area contributed by atoms with E-state index in [0.29, 0.717) is 5.15 Å². The molecule has 4 heteroatoms. The molecule has 0 radical (unpaired) electrons. The SMILES string of the molecule is CCc1c(Cl)ncnc1N1CCC(C(C)C)CC1. The fraction of sp³-hybridized carbons (Fsp3) is 0.714. The summed E-state index contributed by atoms with van der Waals surface area (Å²) in [5.74, 6) is 2.68. The Balaban J connectivity index is 2.12. The van der Waals surface area contributed by atoms with Gasteiger partial charge in [0.05, 0.1) is 0 Å². The third-order valence-electron chi connectivity index (χ3n) is 4.01. The normalized spacial score (nSPS) is 17.5. The molecule has 100 valence electrons. The first-order valence-electron chi connectivity index (χ1n) is 6.87. The molecule has 18 heavy (non-hydrogen) atoms. The highest BCUT2D eigenvalue weighted by molar-refractivity contribution is 6.30. The molecule has 0 saturated carbocycles. The van der Waals surface area contributed by atoms with Gasteiger partial charge in [0.25, 0.3) is 0 Å². The summed E-state index contributed by atoms with van der Waals surface area (Å²) >= 11 is 6.15. The molecule has 0 atom stereocenters. The summed E-state index contributed by atoms with van der Waals surface area (Å²) in [4.78, 5) is 10.9. The Kier molecular flexibility index (Phi) is 4.44. The van der Waals surface area contributed by atoms with Gasteiger partial charge in [-0.15, -0.1) is 0 Å². The fourth-order valence-corrected chi connectivity index (χ4v) is 3.00. The Morgan fingerprint density at radius 2 is 2.00 bits per heavy atom. The van der Waals surface area contributed by atoms with Gasteiger partial charge in [-0.2, -0.15) is 0 Å². The zero-order valence-electron chi connectivity index (χ0n) is 11.5. The molecule has 1 saturated heterocycles. The van der Waals surface area contributed by atoms with Crippen molar-refractivity contribution < 1.29 is 0 Å². The molecule has 3 nitrogen and oxygen atoms in total. The quantitative estimate of drug-likeness (QED) is 0.784. The van der Waals surface area contributed by atoms with E-state index in [1.54, 1.807) is 6.33 Å². The Labute approximate surface area is 115 Å². The molecule has 0 spiro atoms. The molecule has 0 aromatic carbocycles. The molecule has 1 aromatic heterocycles. The van der Waals surface area contributed by atoms with E-state index < -0.39 is 0 Å². The third kappa shape index (κ3) is 2.77. The van der Waals surface area contributed by atoms with Crippen molar-refractivity contribution in [3.05, 3.63) is 17.0 Å². The van der Waals surface area contributed by atoms with Crippen molar-refractivity contribution in [2.24, 2.45) is 11.8 Å². The summed E-state index contributed by atoms with van der Waals surface area (Å²) in [5, 5.41) is 0.605. The maximum absolute atomic E-state index is 6.15. The summed E-state index contributed by atoms with van der Waals surface area (Å²) < 4.78 is 0. The summed E-state index contributed by atoms with van der Waals surface area (Å²) in [7, 11) is 0. The molecule has 2 heterocycles. The number of anilines is 1. The second-order valence-corrected chi connectivity index (χ2v) is 5.75. The van der Waals surface area contributed by atoms with Crippen LogP contribution in [0.25, 0.3) is 0 Å². The minimum Gasteiger partial charge on any atom is -0.356 e. The molecular formula is C14H22ClN3. The first kappa shape index (κ1) is 13.6. The minimum atomic E-state index is 0.605. The van der Waals surface area contributed by atoms with Crippen molar-refractivity contribution in [3.63, 3.8) is 0 Å².